The predicted octanol–water partition coefficient (Wildman–Crippen LogP) is 3.39. The van der Waals surface area contributed by atoms with E-state index >= 15 is 0 Å². The van der Waals surface area contributed by atoms with Crippen molar-refractivity contribution in [2.24, 2.45) is 7.05 Å². The molecule has 1 amide bonds. The van der Waals surface area contributed by atoms with Crippen molar-refractivity contribution in [3.8, 4) is 0 Å². The predicted molar refractivity (Wildman–Crippen MR) is 109 cm³/mol. The normalized spacial score (nSPS) is 10.9. The number of benzene rings is 2. The van der Waals surface area contributed by atoms with Crippen LogP contribution in [0.15, 0.2) is 53.7 Å². The molecule has 0 radical (unpaired) electrons. The Hall–Kier alpha value is -2.47. The van der Waals surface area contributed by atoms with Gasteiger partial charge in [0.1, 0.15) is 0 Å². The fourth-order valence-electron chi connectivity index (χ4n) is 2.75. The summed E-state index contributed by atoms with van der Waals surface area (Å²) in [7, 11) is 7.86. The van der Waals surface area contributed by atoms with Gasteiger partial charge in [-0.3, -0.25) is 4.79 Å². The molecule has 0 saturated carbocycles. The van der Waals surface area contributed by atoms with E-state index in [2.05, 4.69) is 34.1 Å². The third-order valence-electron chi connectivity index (χ3n) is 4.37. The zero-order valence-corrected chi connectivity index (χ0v) is 16.5. The smallest absolute Gasteiger partial charge is 0.233 e. The average Bonchev–Trinajstić information content (AvgIpc) is 2.96. The van der Waals surface area contributed by atoms with Gasteiger partial charge in [0, 0.05) is 40.4 Å². The molecule has 0 aliphatic rings. The van der Waals surface area contributed by atoms with E-state index in [0.29, 0.717) is 12.3 Å². The molecule has 0 saturated heterocycles. The lowest BCUT2D eigenvalue weighted by Crippen LogP contribution is -2.27. The molecule has 136 valence electrons. The van der Waals surface area contributed by atoms with E-state index in [1.807, 2.05) is 57.0 Å². The van der Waals surface area contributed by atoms with Gasteiger partial charge in [-0.2, -0.15) is 0 Å². The number of amides is 1. The molecule has 0 aliphatic heterocycles. The van der Waals surface area contributed by atoms with Gasteiger partial charge >= 0.3 is 0 Å². The van der Waals surface area contributed by atoms with Gasteiger partial charge in [-0.1, -0.05) is 36.0 Å². The minimum atomic E-state index is 0.0961. The van der Waals surface area contributed by atoms with Crippen LogP contribution in [0.4, 0.5) is 5.69 Å². The number of carbonyl (C=O) groups excluding carboxylic acids is 1. The summed E-state index contributed by atoms with van der Waals surface area (Å²) in [5, 5.41) is 0.864. The van der Waals surface area contributed by atoms with Crippen LogP contribution in [0.5, 0.6) is 0 Å². The van der Waals surface area contributed by atoms with Crippen LogP contribution in [-0.4, -0.2) is 47.3 Å². The quantitative estimate of drug-likeness (QED) is 0.626. The van der Waals surface area contributed by atoms with Crippen molar-refractivity contribution in [1.82, 2.24) is 14.5 Å². The number of anilines is 1. The average molecular weight is 369 g/mol. The minimum absolute atomic E-state index is 0.0961. The number of nitrogens with zero attached hydrogens (tertiary/aromatic N) is 4. The molecule has 0 aliphatic carbocycles. The van der Waals surface area contributed by atoms with Crippen LogP contribution in [-0.2, 0) is 18.4 Å². The first-order chi connectivity index (χ1) is 12.5. The molecule has 0 unspecified atom stereocenters. The highest BCUT2D eigenvalue weighted by Gasteiger charge is 2.13. The highest BCUT2D eigenvalue weighted by atomic mass is 32.2. The molecule has 26 heavy (non-hydrogen) atoms. The molecule has 1 aromatic heterocycles. The molecule has 3 aromatic rings. The number of imidazole rings is 1. The summed E-state index contributed by atoms with van der Waals surface area (Å²) < 4.78 is 2.03. The molecule has 0 fully saturated rings. The van der Waals surface area contributed by atoms with Crippen LogP contribution in [0.1, 0.15) is 5.56 Å². The molecule has 2 aromatic carbocycles. The van der Waals surface area contributed by atoms with Crippen molar-refractivity contribution in [2.75, 3.05) is 31.8 Å². The summed E-state index contributed by atoms with van der Waals surface area (Å²) in [5.41, 5.74) is 4.32. The number of para-hydroxylation sites is 2. The molecule has 0 spiro atoms. The maximum absolute atomic E-state index is 12.5. The topological polar surface area (TPSA) is 41.4 Å². The third kappa shape index (κ3) is 4.02. The minimum Gasteiger partial charge on any atom is -0.378 e. The number of carbonyl (C=O) groups is 1. The summed E-state index contributed by atoms with van der Waals surface area (Å²) >= 11 is 1.48. The summed E-state index contributed by atoms with van der Waals surface area (Å²) in [5.74, 6) is 0.474. The number of aromatic nitrogens is 2. The van der Waals surface area contributed by atoms with Gasteiger partial charge in [-0.15, -0.1) is 0 Å². The zero-order chi connectivity index (χ0) is 18.7. The largest absolute Gasteiger partial charge is 0.378 e. The molecule has 0 N–H and O–H groups in total. The van der Waals surface area contributed by atoms with Gasteiger partial charge < -0.3 is 14.4 Å². The fourth-order valence-corrected chi connectivity index (χ4v) is 3.68. The summed E-state index contributed by atoms with van der Waals surface area (Å²) in [4.78, 5) is 20.9. The molecule has 3 rings (SSSR count). The molecular formula is C20H24N4OS. The second-order valence-corrected chi connectivity index (χ2v) is 7.48. The van der Waals surface area contributed by atoms with Gasteiger partial charge in [0.05, 0.1) is 16.8 Å². The van der Waals surface area contributed by atoms with E-state index in [-0.39, 0.29) is 5.91 Å². The van der Waals surface area contributed by atoms with Crippen LogP contribution in [0.3, 0.4) is 0 Å². The van der Waals surface area contributed by atoms with Gasteiger partial charge in [-0.25, -0.2) is 4.98 Å². The van der Waals surface area contributed by atoms with Crippen molar-refractivity contribution >= 4 is 34.4 Å². The highest BCUT2D eigenvalue weighted by molar-refractivity contribution is 7.99. The lowest BCUT2D eigenvalue weighted by atomic mass is 10.2. The van der Waals surface area contributed by atoms with E-state index in [1.165, 1.54) is 11.8 Å². The van der Waals surface area contributed by atoms with Crippen LogP contribution >= 0.6 is 11.8 Å². The molecule has 0 bridgehead atoms. The lowest BCUT2D eigenvalue weighted by Gasteiger charge is -2.18. The van der Waals surface area contributed by atoms with Crippen LogP contribution in [0.2, 0.25) is 0 Å². The SMILES string of the molecule is CN(Cc1ccc(N(C)C)cc1)C(=O)CSc1nc2ccccc2n1C. The van der Waals surface area contributed by atoms with E-state index in [9.17, 15) is 4.79 Å². The Morgan fingerprint density at radius 3 is 2.42 bits per heavy atom. The summed E-state index contributed by atoms with van der Waals surface area (Å²) in [6.45, 7) is 0.607. The first kappa shape index (κ1) is 18.3. The van der Waals surface area contributed by atoms with Gasteiger partial charge in [0.2, 0.25) is 5.91 Å². The second kappa shape index (κ2) is 7.83. The van der Waals surface area contributed by atoms with Crippen molar-refractivity contribution in [1.29, 1.82) is 0 Å². The Morgan fingerprint density at radius 1 is 1.08 bits per heavy atom. The maximum atomic E-state index is 12.5. The van der Waals surface area contributed by atoms with Crippen LogP contribution in [0.25, 0.3) is 11.0 Å². The second-order valence-electron chi connectivity index (χ2n) is 6.54. The van der Waals surface area contributed by atoms with Crippen molar-refractivity contribution < 1.29 is 4.79 Å². The van der Waals surface area contributed by atoms with Gasteiger partial charge in [-0.05, 0) is 29.8 Å². The molecule has 1 heterocycles. The Labute approximate surface area is 158 Å². The van der Waals surface area contributed by atoms with E-state index in [4.69, 9.17) is 0 Å². The number of hydrogen-bond donors (Lipinski definition) is 0. The third-order valence-corrected chi connectivity index (χ3v) is 5.38. The first-order valence-electron chi connectivity index (χ1n) is 8.50. The molecular weight excluding hydrogens is 344 g/mol. The maximum Gasteiger partial charge on any atom is 0.233 e. The van der Waals surface area contributed by atoms with Crippen molar-refractivity contribution in [3.05, 3.63) is 54.1 Å². The monoisotopic (exact) mass is 368 g/mol. The van der Waals surface area contributed by atoms with Gasteiger partial charge in [0.25, 0.3) is 0 Å². The molecule has 5 nitrogen and oxygen atoms in total. The number of rotatable bonds is 6. The molecule has 0 atom stereocenters. The van der Waals surface area contributed by atoms with E-state index in [1.54, 1.807) is 4.90 Å². The standard InChI is InChI=1S/C20H24N4OS/c1-22(2)16-11-9-15(10-12-16)13-23(3)19(25)14-26-20-21-17-7-5-6-8-18(17)24(20)4/h5-12H,13-14H2,1-4H3. The van der Waals surface area contributed by atoms with Crippen LogP contribution < -0.4 is 4.90 Å². The van der Waals surface area contributed by atoms with Gasteiger partial charge in [0.15, 0.2) is 5.16 Å². The Bertz CT molecular complexity index is 902. The van der Waals surface area contributed by atoms with Crippen molar-refractivity contribution in [3.63, 3.8) is 0 Å². The highest BCUT2D eigenvalue weighted by Crippen LogP contribution is 2.23. The first-order valence-corrected chi connectivity index (χ1v) is 9.49. The number of hydrogen-bond acceptors (Lipinski definition) is 4. The van der Waals surface area contributed by atoms with E-state index in [0.717, 1.165) is 27.4 Å². The number of fused-ring (bicyclic) bond motifs is 1. The zero-order valence-electron chi connectivity index (χ0n) is 15.6. The summed E-state index contributed by atoms with van der Waals surface area (Å²) in [6, 6.07) is 16.3. The Kier molecular flexibility index (Phi) is 5.52. The van der Waals surface area contributed by atoms with E-state index < -0.39 is 0 Å². The Morgan fingerprint density at radius 2 is 1.77 bits per heavy atom. The molecule has 6 heteroatoms. The summed E-state index contributed by atoms with van der Waals surface area (Å²) in [6.07, 6.45) is 0. The van der Waals surface area contributed by atoms with Crippen molar-refractivity contribution in [2.45, 2.75) is 11.7 Å². The van der Waals surface area contributed by atoms with Crippen LogP contribution in [0, 0.1) is 0 Å². The number of thioether (sulfide) groups is 1. The lowest BCUT2D eigenvalue weighted by molar-refractivity contribution is -0.127. The fraction of sp³-hybridized carbons (Fsp3) is 0.300. The number of aryl methyl sites for hydroxylation is 1. The Balaban J connectivity index is 1.59.